The van der Waals surface area contributed by atoms with E-state index in [0.717, 1.165) is 6.29 Å². The van der Waals surface area contributed by atoms with Crippen molar-refractivity contribution in [3.05, 3.63) is 12.0 Å². The van der Waals surface area contributed by atoms with E-state index in [4.69, 9.17) is 0 Å². The van der Waals surface area contributed by atoms with Crippen molar-refractivity contribution >= 4 is 6.29 Å². The monoisotopic (exact) mass is 112 g/mol. The highest BCUT2D eigenvalue weighted by atomic mass is 16.5. The van der Waals surface area contributed by atoms with E-state index in [1.54, 1.807) is 0 Å². The number of aldehydes is 1. The highest BCUT2D eigenvalue weighted by molar-refractivity contribution is 5.52. The lowest BCUT2D eigenvalue weighted by Crippen LogP contribution is -1.83. The molecule has 4 heteroatoms. The first kappa shape index (κ1) is 4.96. The van der Waals surface area contributed by atoms with E-state index in [1.165, 1.54) is 6.26 Å². The van der Waals surface area contributed by atoms with Crippen LogP contribution in [0.2, 0.25) is 0 Å². The van der Waals surface area contributed by atoms with Crippen molar-refractivity contribution < 1.29 is 9.32 Å². The highest BCUT2D eigenvalue weighted by Gasteiger charge is 1.92. The minimum absolute atomic E-state index is 0.281. The third-order valence-corrected chi connectivity index (χ3v) is 0.698. The molecule has 1 heterocycles. The maximum Gasteiger partial charge on any atom is 0.147 e. The topological polar surface area (TPSA) is 56.0 Å². The van der Waals surface area contributed by atoms with E-state index in [9.17, 15) is 4.79 Å². The Morgan fingerprint density at radius 2 is 2.75 bits per heavy atom. The summed E-state index contributed by atoms with van der Waals surface area (Å²) in [7, 11) is 0. The van der Waals surface area contributed by atoms with Gasteiger partial charge in [0.15, 0.2) is 0 Å². The molecule has 1 aromatic rings. The van der Waals surface area contributed by atoms with Crippen molar-refractivity contribution in [2.75, 3.05) is 0 Å². The molecule has 1 aromatic heterocycles. The molecule has 8 heavy (non-hydrogen) atoms. The predicted molar refractivity (Wildman–Crippen MR) is 24.1 cm³/mol. The second-order valence-electron chi connectivity index (χ2n) is 1.27. The fourth-order valence-electron chi connectivity index (χ4n) is 0.358. The van der Waals surface area contributed by atoms with Gasteiger partial charge < -0.3 is 9.32 Å². The van der Waals surface area contributed by atoms with Crippen LogP contribution in [0.3, 0.4) is 0 Å². The van der Waals surface area contributed by atoms with E-state index in [2.05, 4.69) is 14.9 Å². The SMILES string of the molecule is O=CCc1conn1. The van der Waals surface area contributed by atoms with E-state index in [0.29, 0.717) is 5.69 Å². The number of carbonyl (C=O) groups is 1. The molecule has 0 amide bonds. The third-order valence-electron chi connectivity index (χ3n) is 0.698. The third kappa shape index (κ3) is 0.900. The van der Waals surface area contributed by atoms with Gasteiger partial charge in [-0.05, 0) is 0 Å². The second-order valence-corrected chi connectivity index (χ2v) is 1.27. The summed E-state index contributed by atoms with van der Waals surface area (Å²) in [6, 6.07) is 0. The average Bonchev–Trinajstić information content (AvgIpc) is 2.19. The Labute approximate surface area is 45.5 Å². The summed E-state index contributed by atoms with van der Waals surface area (Å²) >= 11 is 0. The summed E-state index contributed by atoms with van der Waals surface area (Å²) in [5.74, 6) is 0. The predicted octanol–water partition coefficient (Wildman–Crippen LogP) is -0.189. The molecule has 0 fully saturated rings. The van der Waals surface area contributed by atoms with E-state index in [1.807, 2.05) is 0 Å². The van der Waals surface area contributed by atoms with Crippen LogP contribution in [0.4, 0.5) is 0 Å². The zero-order valence-corrected chi connectivity index (χ0v) is 4.07. The highest BCUT2D eigenvalue weighted by Crippen LogP contribution is 1.87. The minimum Gasteiger partial charge on any atom is -0.345 e. The molecule has 0 atom stereocenters. The summed E-state index contributed by atoms with van der Waals surface area (Å²) < 4.78 is 4.35. The fraction of sp³-hybridized carbons (Fsp3) is 0.250. The van der Waals surface area contributed by atoms with Crippen LogP contribution in [0.25, 0.3) is 0 Å². The molecule has 0 N–H and O–H groups in total. The van der Waals surface area contributed by atoms with Gasteiger partial charge in [-0.25, -0.2) is 0 Å². The number of nitrogens with zero attached hydrogens (tertiary/aromatic N) is 2. The first-order valence-corrected chi connectivity index (χ1v) is 2.13. The number of hydrogen-bond acceptors (Lipinski definition) is 4. The standard InChI is InChI=1S/C4H4N2O2/c7-2-1-4-3-8-6-5-4/h2-3H,1H2. The molecule has 0 radical (unpaired) electrons. The lowest BCUT2D eigenvalue weighted by atomic mass is 10.4. The van der Waals surface area contributed by atoms with Crippen LogP contribution >= 0.6 is 0 Å². The molecule has 4 nitrogen and oxygen atoms in total. The molecular formula is C4H4N2O2. The zero-order valence-electron chi connectivity index (χ0n) is 4.07. The second kappa shape index (κ2) is 2.20. The van der Waals surface area contributed by atoms with Crippen molar-refractivity contribution in [3.8, 4) is 0 Å². The van der Waals surface area contributed by atoms with Crippen molar-refractivity contribution in [2.45, 2.75) is 6.42 Å². The molecule has 0 spiro atoms. The normalized spacial score (nSPS) is 9.00. The van der Waals surface area contributed by atoms with Crippen LogP contribution in [0.5, 0.6) is 0 Å². The molecule has 0 bridgehead atoms. The van der Waals surface area contributed by atoms with Crippen molar-refractivity contribution in [3.63, 3.8) is 0 Å². The van der Waals surface area contributed by atoms with Crippen molar-refractivity contribution in [1.29, 1.82) is 0 Å². The van der Waals surface area contributed by atoms with Gasteiger partial charge in [-0.1, -0.05) is 0 Å². The van der Waals surface area contributed by atoms with Gasteiger partial charge in [-0.3, -0.25) is 0 Å². The largest absolute Gasteiger partial charge is 0.345 e. The Bertz CT molecular complexity index is 159. The molecule has 0 aromatic carbocycles. The van der Waals surface area contributed by atoms with Gasteiger partial charge in [0, 0.05) is 5.27 Å². The fourth-order valence-corrected chi connectivity index (χ4v) is 0.358. The van der Waals surface area contributed by atoms with Crippen LogP contribution in [0, 0.1) is 0 Å². The molecule has 0 aliphatic carbocycles. The minimum atomic E-state index is 0.281. The van der Waals surface area contributed by atoms with Crippen LogP contribution in [-0.2, 0) is 11.2 Å². The van der Waals surface area contributed by atoms with Gasteiger partial charge >= 0.3 is 0 Å². The average molecular weight is 112 g/mol. The van der Waals surface area contributed by atoms with Crippen molar-refractivity contribution in [2.24, 2.45) is 0 Å². The van der Waals surface area contributed by atoms with E-state index < -0.39 is 0 Å². The molecule has 0 saturated heterocycles. The summed E-state index contributed by atoms with van der Waals surface area (Å²) in [6.45, 7) is 0. The van der Waals surface area contributed by atoms with Crippen LogP contribution in [0.15, 0.2) is 10.8 Å². The summed E-state index contributed by atoms with van der Waals surface area (Å²) in [5, 5.41) is 6.61. The summed E-state index contributed by atoms with van der Waals surface area (Å²) in [6.07, 6.45) is 2.37. The molecule has 1 rings (SSSR count). The van der Waals surface area contributed by atoms with Gasteiger partial charge in [0.1, 0.15) is 18.2 Å². The first-order chi connectivity index (χ1) is 3.93. The Kier molecular flexibility index (Phi) is 1.37. The van der Waals surface area contributed by atoms with Gasteiger partial charge in [0.05, 0.1) is 6.42 Å². The lowest BCUT2D eigenvalue weighted by Gasteiger charge is -1.72. The molecule has 0 aliphatic heterocycles. The zero-order chi connectivity index (χ0) is 5.82. The molecular weight excluding hydrogens is 108 g/mol. The summed E-state index contributed by atoms with van der Waals surface area (Å²) in [5.41, 5.74) is 0.569. The van der Waals surface area contributed by atoms with Crippen LogP contribution < -0.4 is 0 Å². The smallest absolute Gasteiger partial charge is 0.147 e. The molecule has 0 aliphatic rings. The Morgan fingerprint density at radius 1 is 1.88 bits per heavy atom. The van der Waals surface area contributed by atoms with Crippen molar-refractivity contribution in [1.82, 2.24) is 10.4 Å². The van der Waals surface area contributed by atoms with Crippen LogP contribution in [0.1, 0.15) is 5.69 Å². The Morgan fingerprint density at radius 3 is 3.25 bits per heavy atom. The summed E-state index contributed by atoms with van der Waals surface area (Å²) in [4.78, 5) is 9.76. The number of rotatable bonds is 2. The number of hydrogen-bond donors (Lipinski definition) is 0. The maximum absolute atomic E-state index is 9.76. The van der Waals surface area contributed by atoms with Gasteiger partial charge in [0.25, 0.3) is 0 Å². The molecule has 0 saturated carbocycles. The number of aromatic nitrogens is 2. The van der Waals surface area contributed by atoms with Crippen LogP contribution in [-0.4, -0.2) is 16.7 Å². The molecule has 0 unspecified atom stereocenters. The lowest BCUT2D eigenvalue weighted by molar-refractivity contribution is -0.107. The quantitative estimate of drug-likeness (QED) is 0.497. The Hall–Kier alpha value is -1.19. The van der Waals surface area contributed by atoms with Gasteiger partial charge in [-0.2, -0.15) is 0 Å². The first-order valence-electron chi connectivity index (χ1n) is 2.13. The number of carbonyl (C=O) groups excluding carboxylic acids is 1. The Balaban J connectivity index is 2.62. The van der Waals surface area contributed by atoms with Gasteiger partial charge in [0.2, 0.25) is 0 Å². The molecule has 42 valence electrons. The van der Waals surface area contributed by atoms with E-state index >= 15 is 0 Å². The van der Waals surface area contributed by atoms with Gasteiger partial charge in [-0.15, -0.1) is 5.10 Å². The maximum atomic E-state index is 9.76. The van der Waals surface area contributed by atoms with E-state index in [-0.39, 0.29) is 6.42 Å².